The molecule has 0 spiro atoms. The summed E-state index contributed by atoms with van der Waals surface area (Å²) in [7, 11) is 0. The van der Waals surface area contributed by atoms with Crippen LogP contribution < -0.4 is 15.1 Å². The lowest BCUT2D eigenvalue weighted by atomic mass is 10.1. The van der Waals surface area contributed by atoms with Crippen molar-refractivity contribution in [2.75, 3.05) is 28.2 Å². The van der Waals surface area contributed by atoms with Gasteiger partial charge in [-0.1, -0.05) is 24.3 Å². The predicted octanol–water partition coefficient (Wildman–Crippen LogP) is 2.59. The van der Waals surface area contributed by atoms with Gasteiger partial charge in [-0.2, -0.15) is 0 Å². The molecule has 2 aliphatic heterocycles. The van der Waals surface area contributed by atoms with E-state index < -0.39 is 5.92 Å². The molecular formula is C21H21N3O3. The molecule has 1 saturated heterocycles. The van der Waals surface area contributed by atoms with Crippen LogP contribution in [0.15, 0.2) is 48.5 Å². The number of benzene rings is 2. The molecule has 2 aromatic carbocycles. The molecule has 4 rings (SSSR count). The summed E-state index contributed by atoms with van der Waals surface area (Å²) in [5.74, 6) is -0.612. The molecular weight excluding hydrogens is 342 g/mol. The first-order valence-corrected chi connectivity index (χ1v) is 9.10. The maximum Gasteiger partial charge on any atom is 0.229 e. The van der Waals surface area contributed by atoms with Gasteiger partial charge in [-0.05, 0) is 36.2 Å². The molecule has 0 saturated carbocycles. The Balaban J connectivity index is 1.47. The van der Waals surface area contributed by atoms with Crippen molar-refractivity contribution in [1.82, 2.24) is 0 Å². The Kier molecular flexibility index (Phi) is 4.39. The summed E-state index contributed by atoms with van der Waals surface area (Å²) in [5.41, 5.74) is 3.42. The van der Waals surface area contributed by atoms with E-state index in [0.29, 0.717) is 18.8 Å². The highest BCUT2D eigenvalue weighted by molar-refractivity contribution is 6.04. The van der Waals surface area contributed by atoms with Crippen molar-refractivity contribution in [1.29, 1.82) is 0 Å². The maximum absolute atomic E-state index is 12.7. The van der Waals surface area contributed by atoms with Gasteiger partial charge in [0.2, 0.25) is 17.7 Å². The third-order valence-corrected chi connectivity index (χ3v) is 5.19. The van der Waals surface area contributed by atoms with E-state index >= 15 is 0 Å². The van der Waals surface area contributed by atoms with E-state index in [1.165, 1.54) is 0 Å². The second-order valence-electron chi connectivity index (χ2n) is 6.99. The average Bonchev–Trinajstić information content (AvgIpc) is 3.26. The minimum Gasteiger partial charge on any atom is -0.326 e. The maximum atomic E-state index is 12.7. The van der Waals surface area contributed by atoms with Gasteiger partial charge < -0.3 is 15.1 Å². The number of nitrogens with zero attached hydrogens (tertiary/aromatic N) is 2. The molecule has 2 aliphatic rings. The Morgan fingerprint density at radius 3 is 2.63 bits per heavy atom. The molecule has 3 amide bonds. The van der Waals surface area contributed by atoms with Crippen LogP contribution in [-0.2, 0) is 20.8 Å². The number of nitrogens with one attached hydrogen (secondary N) is 1. The van der Waals surface area contributed by atoms with E-state index in [4.69, 9.17) is 0 Å². The van der Waals surface area contributed by atoms with Crippen molar-refractivity contribution < 1.29 is 14.4 Å². The van der Waals surface area contributed by atoms with Crippen LogP contribution in [0, 0.1) is 5.92 Å². The van der Waals surface area contributed by atoms with Gasteiger partial charge in [-0.25, -0.2) is 0 Å². The van der Waals surface area contributed by atoms with Crippen molar-refractivity contribution in [3.05, 3.63) is 54.1 Å². The number of para-hydroxylation sites is 1. The summed E-state index contributed by atoms with van der Waals surface area (Å²) < 4.78 is 0. The minimum absolute atomic E-state index is 0.00267. The van der Waals surface area contributed by atoms with Gasteiger partial charge >= 0.3 is 0 Å². The number of amides is 3. The Bertz CT molecular complexity index is 910. The van der Waals surface area contributed by atoms with E-state index in [1.807, 2.05) is 48.5 Å². The molecule has 0 bridgehead atoms. The van der Waals surface area contributed by atoms with Crippen LogP contribution in [0.4, 0.5) is 17.1 Å². The summed E-state index contributed by atoms with van der Waals surface area (Å²) in [6.07, 6.45) is 1.03. The Hall–Kier alpha value is -3.15. The molecule has 2 aromatic rings. The third-order valence-electron chi connectivity index (χ3n) is 5.19. The largest absolute Gasteiger partial charge is 0.326 e. The molecule has 138 valence electrons. The first-order valence-electron chi connectivity index (χ1n) is 9.10. The second kappa shape index (κ2) is 6.87. The van der Waals surface area contributed by atoms with Crippen LogP contribution in [0.25, 0.3) is 0 Å². The van der Waals surface area contributed by atoms with Crippen molar-refractivity contribution in [2.45, 2.75) is 19.8 Å². The van der Waals surface area contributed by atoms with E-state index in [1.54, 1.807) is 16.7 Å². The highest BCUT2D eigenvalue weighted by atomic mass is 16.2. The highest BCUT2D eigenvalue weighted by Gasteiger charge is 2.35. The summed E-state index contributed by atoms with van der Waals surface area (Å²) in [4.78, 5) is 40.1. The number of carbonyl (C=O) groups is 3. The van der Waals surface area contributed by atoms with Crippen molar-refractivity contribution in [2.24, 2.45) is 5.92 Å². The molecule has 1 fully saturated rings. The Morgan fingerprint density at radius 1 is 1.11 bits per heavy atom. The molecule has 0 aliphatic carbocycles. The number of anilines is 3. The van der Waals surface area contributed by atoms with Gasteiger partial charge in [-0.15, -0.1) is 0 Å². The van der Waals surface area contributed by atoms with Gasteiger partial charge in [0.15, 0.2) is 0 Å². The lowest BCUT2D eigenvalue weighted by Crippen LogP contribution is -2.28. The topological polar surface area (TPSA) is 69.7 Å². The summed E-state index contributed by atoms with van der Waals surface area (Å²) >= 11 is 0. The van der Waals surface area contributed by atoms with Gasteiger partial charge in [-0.3, -0.25) is 14.4 Å². The van der Waals surface area contributed by atoms with Crippen LogP contribution in [0.3, 0.4) is 0 Å². The fourth-order valence-corrected chi connectivity index (χ4v) is 3.77. The molecule has 1 atom stereocenters. The van der Waals surface area contributed by atoms with Crippen LogP contribution in [0.1, 0.15) is 18.9 Å². The smallest absolute Gasteiger partial charge is 0.229 e. The molecule has 1 N–H and O–H groups in total. The highest BCUT2D eigenvalue weighted by Crippen LogP contribution is 2.32. The predicted molar refractivity (Wildman–Crippen MR) is 104 cm³/mol. The number of rotatable bonds is 3. The Morgan fingerprint density at radius 2 is 1.89 bits per heavy atom. The summed E-state index contributed by atoms with van der Waals surface area (Å²) in [6.45, 7) is 2.59. The second-order valence-corrected chi connectivity index (χ2v) is 6.99. The van der Waals surface area contributed by atoms with E-state index in [9.17, 15) is 14.4 Å². The molecule has 6 heteroatoms. The lowest BCUT2D eigenvalue weighted by Gasteiger charge is -2.17. The number of fused-ring (bicyclic) bond motifs is 1. The molecule has 0 radical (unpaired) electrons. The third kappa shape index (κ3) is 3.30. The van der Waals surface area contributed by atoms with Gasteiger partial charge in [0.05, 0.1) is 5.92 Å². The zero-order valence-corrected chi connectivity index (χ0v) is 15.1. The van der Waals surface area contributed by atoms with Crippen LogP contribution in [0.2, 0.25) is 0 Å². The molecule has 1 unspecified atom stereocenters. The van der Waals surface area contributed by atoms with Crippen LogP contribution >= 0.6 is 0 Å². The van der Waals surface area contributed by atoms with E-state index in [2.05, 4.69) is 5.32 Å². The first-order chi connectivity index (χ1) is 13.0. The molecule has 6 nitrogen and oxygen atoms in total. The van der Waals surface area contributed by atoms with Gasteiger partial charge in [0, 0.05) is 43.5 Å². The zero-order chi connectivity index (χ0) is 19.0. The average molecular weight is 363 g/mol. The SMILES string of the molecule is CC(=O)N1CCc2ccc(NC(=O)C3CC(=O)N(c4ccccc4)C3)cc21. The van der Waals surface area contributed by atoms with Gasteiger partial charge in [0.1, 0.15) is 0 Å². The van der Waals surface area contributed by atoms with Crippen molar-refractivity contribution in [3.8, 4) is 0 Å². The fourth-order valence-electron chi connectivity index (χ4n) is 3.77. The lowest BCUT2D eigenvalue weighted by molar-refractivity contribution is -0.122. The number of hydrogen-bond acceptors (Lipinski definition) is 3. The Labute approximate surface area is 157 Å². The van der Waals surface area contributed by atoms with Crippen LogP contribution in [0.5, 0.6) is 0 Å². The van der Waals surface area contributed by atoms with Crippen LogP contribution in [-0.4, -0.2) is 30.8 Å². The van der Waals surface area contributed by atoms with E-state index in [0.717, 1.165) is 23.4 Å². The van der Waals surface area contributed by atoms with Crippen molar-refractivity contribution >= 4 is 34.8 Å². The minimum atomic E-state index is -0.394. The number of carbonyl (C=O) groups excluding carboxylic acids is 3. The van der Waals surface area contributed by atoms with Crippen molar-refractivity contribution in [3.63, 3.8) is 0 Å². The molecule has 27 heavy (non-hydrogen) atoms. The summed E-state index contributed by atoms with van der Waals surface area (Å²) in [6, 6.07) is 15.0. The first kappa shape index (κ1) is 17.3. The monoisotopic (exact) mass is 363 g/mol. The quantitative estimate of drug-likeness (QED) is 0.911. The zero-order valence-electron chi connectivity index (χ0n) is 15.1. The fraction of sp³-hybridized carbons (Fsp3) is 0.286. The van der Waals surface area contributed by atoms with Gasteiger partial charge in [0.25, 0.3) is 0 Å². The molecule has 0 aromatic heterocycles. The molecule has 2 heterocycles. The van der Waals surface area contributed by atoms with E-state index in [-0.39, 0.29) is 24.1 Å². The summed E-state index contributed by atoms with van der Waals surface area (Å²) in [5, 5.41) is 2.91. The number of hydrogen-bond donors (Lipinski definition) is 1. The standard InChI is InChI=1S/C21H21N3O3/c1-14(25)23-10-9-15-7-8-17(12-19(15)23)22-21(27)16-11-20(26)24(13-16)18-5-3-2-4-6-18/h2-8,12,16H,9-11,13H2,1H3,(H,22,27). The normalized spacial score (nSPS) is 18.6.